The number of rotatable bonds is 2. The fraction of sp³-hybridized carbons (Fsp3) is 0.538. The SMILES string of the molecule is CCC1CCCC(c2ccccc2)N1. The van der Waals surface area contributed by atoms with E-state index in [1.165, 1.54) is 31.2 Å². The van der Waals surface area contributed by atoms with Gasteiger partial charge in [-0.05, 0) is 24.8 Å². The first-order valence-corrected chi connectivity index (χ1v) is 5.71. The van der Waals surface area contributed by atoms with Crippen molar-refractivity contribution in [3.63, 3.8) is 0 Å². The van der Waals surface area contributed by atoms with Gasteiger partial charge in [-0.3, -0.25) is 0 Å². The quantitative estimate of drug-likeness (QED) is 0.753. The summed E-state index contributed by atoms with van der Waals surface area (Å²) in [7, 11) is 0. The first-order chi connectivity index (χ1) is 6.90. The van der Waals surface area contributed by atoms with Crippen LogP contribution in [0, 0.1) is 0 Å². The standard InChI is InChI=1S/C13H19N/c1-2-12-9-6-10-13(14-12)11-7-4-3-5-8-11/h3-5,7-8,12-14H,2,6,9-10H2,1H3. The van der Waals surface area contributed by atoms with Crippen LogP contribution in [-0.4, -0.2) is 6.04 Å². The Morgan fingerprint density at radius 3 is 2.71 bits per heavy atom. The second kappa shape index (κ2) is 4.61. The predicted octanol–water partition coefficient (Wildman–Crippen LogP) is 3.28. The highest BCUT2D eigenvalue weighted by molar-refractivity contribution is 5.19. The van der Waals surface area contributed by atoms with Gasteiger partial charge in [0.25, 0.3) is 0 Å². The Hall–Kier alpha value is -0.820. The maximum atomic E-state index is 3.72. The zero-order valence-corrected chi connectivity index (χ0v) is 8.87. The summed E-state index contributed by atoms with van der Waals surface area (Å²) in [6.45, 7) is 2.27. The van der Waals surface area contributed by atoms with E-state index >= 15 is 0 Å². The highest BCUT2D eigenvalue weighted by Crippen LogP contribution is 2.26. The monoisotopic (exact) mass is 189 g/mol. The molecular formula is C13H19N. The van der Waals surface area contributed by atoms with Gasteiger partial charge in [-0.25, -0.2) is 0 Å². The van der Waals surface area contributed by atoms with E-state index in [2.05, 4.69) is 42.6 Å². The minimum atomic E-state index is 0.592. The smallest absolute Gasteiger partial charge is 0.0322 e. The molecule has 1 heterocycles. The van der Waals surface area contributed by atoms with E-state index in [4.69, 9.17) is 0 Å². The van der Waals surface area contributed by atoms with E-state index in [-0.39, 0.29) is 0 Å². The number of hydrogen-bond acceptors (Lipinski definition) is 1. The van der Waals surface area contributed by atoms with Crippen molar-refractivity contribution in [3.05, 3.63) is 35.9 Å². The van der Waals surface area contributed by atoms with Gasteiger partial charge in [-0.15, -0.1) is 0 Å². The van der Waals surface area contributed by atoms with Gasteiger partial charge in [0.15, 0.2) is 0 Å². The van der Waals surface area contributed by atoms with Gasteiger partial charge in [-0.2, -0.15) is 0 Å². The number of nitrogens with one attached hydrogen (secondary N) is 1. The van der Waals surface area contributed by atoms with Crippen molar-refractivity contribution in [3.8, 4) is 0 Å². The van der Waals surface area contributed by atoms with Crippen LogP contribution in [-0.2, 0) is 0 Å². The van der Waals surface area contributed by atoms with Crippen LogP contribution in [0.25, 0.3) is 0 Å². The maximum absolute atomic E-state index is 3.72. The van der Waals surface area contributed by atoms with Crippen molar-refractivity contribution in [1.29, 1.82) is 0 Å². The normalized spacial score (nSPS) is 27.5. The van der Waals surface area contributed by atoms with Gasteiger partial charge in [0.2, 0.25) is 0 Å². The highest BCUT2D eigenvalue weighted by atomic mass is 15.0. The zero-order valence-electron chi connectivity index (χ0n) is 8.87. The van der Waals surface area contributed by atoms with Gasteiger partial charge in [0.1, 0.15) is 0 Å². The Balaban J connectivity index is 2.04. The predicted molar refractivity (Wildman–Crippen MR) is 60.2 cm³/mol. The average molecular weight is 189 g/mol. The third-order valence-corrected chi connectivity index (χ3v) is 3.18. The zero-order chi connectivity index (χ0) is 9.80. The molecule has 76 valence electrons. The number of piperidine rings is 1. The molecule has 0 aromatic heterocycles. The van der Waals surface area contributed by atoms with Crippen LogP contribution in [0.1, 0.15) is 44.2 Å². The van der Waals surface area contributed by atoms with Crippen molar-refractivity contribution in [2.45, 2.75) is 44.7 Å². The Morgan fingerprint density at radius 1 is 1.21 bits per heavy atom. The van der Waals surface area contributed by atoms with Crippen molar-refractivity contribution in [1.82, 2.24) is 5.32 Å². The molecule has 1 nitrogen and oxygen atoms in total. The lowest BCUT2D eigenvalue weighted by Gasteiger charge is -2.30. The molecule has 0 spiro atoms. The van der Waals surface area contributed by atoms with Gasteiger partial charge < -0.3 is 5.32 Å². The largest absolute Gasteiger partial charge is 0.307 e. The summed E-state index contributed by atoms with van der Waals surface area (Å²) in [6, 6.07) is 12.1. The highest BCUT2D eigenvalue weighted by Gasteiger charge is 2.20. The minimum absolute atomic E-state index is 0.592. The Kier molecular flexibility index (Phi) is 3.20. The summed E-state index contributed by atoms with van der Waals surface area (Å²) in [5, 5.41) is 3.72. The number of benzene rings is 1. The second-order valence-electron chi connectivity index (χ2n) is 4.17. The van der Waals surface area contributed by atoms with Crippen LogP contribution in [0.4, 0.5) is 0 Å². The van der Waals surface area contributed by atoms with E-state index in [1.807, 2.05) is 0 Å². The molecule has 1 fully saturated rings. The summed E-state index contributed by atoms with van der Waals surface area (Å²) >= 11 is 0. The van der Waals surface area contributed by atoms with Crippen LogP contribution >= 0.6 is 0 Å². The molecule has 1 aromatic carbocycles. The summed E-state index contributed by atoms with van der Waals surface area (Å²) in [5.41, 5.74) is 1.45. The average Bonchev–Trinajstić information content (AvgIpc) is 2.30. The molecule has 1 aliphatic rings. The molecule has 0 radical (unpaired) electrons. The van der Waals surface area contributed by atoms with Crippen LogP contribution in [0.5, 0.6) is 0 Å². The molecule has 2 unspecified atom stereocenters. The molecule has 1 heteroatoms. The first kappa shape index (κ1) is 9.72. The minimum Gasteiger partial charge on any atom is -0.307 e. The third-order valence-electron chi connectivity index (χ3n) is 3.18. The molecule has 1 aliphatic heterocycles. The Bertz CT molecular complexity index is 268. The molecule has 14 heavy (non-hydrogen) atoms. The number of hydrogen-bond donors (Lipinski definition) is 1. The van der Waals surface area contributed by atoms with E-state index in [9.17, 15) is 0 Å². The molecule has 0 aliphatic carbocycles. The van der Waals surface area contributed by atoms with Crippen molar-refractivity contribution < 1.29 is 0 Å². The lowest BCUT2D eigenvalue weighted by Crippen LogP contribution is -2.36. The molecule has 1 saturated heterocycles. The topological polar surface area (TPSA) is 12.0 Å². The molecule has 2 atom stereocenters. The van der Waals surface area contributed by atoms with E-state index in [0.717, 1.165) is 6.04 Å². The van der Waals surface area contributed by atoms with Crippen LogP contribution in [0.15, 0.2) is 30.3 Å². The summed E-state index contributed by atoms with van der Waals surface area (Å²) in [5.74, 6) is 0. The van der Waals surface area contributed by atoms with E-state index < -0.39 is 0 Å². The van der Waals surface area contributed by atoms with E-state index in [1.54, 1.807) is 0 Å². The first-order valence-electron chi connectivity index (χ1n) is 5.71. The lowest BCUT2D eigenvalue weighted by molar-refractivity contribution is 0.319. The molecule has 0 bridgehead atoms. The maximum Gasteiger partial charge on any atom is 0.0322 e. The van der Waals surface area contributed by atoms with Gasteiger partial charge in [0, 0.05) is 12.1 Å². The fourth-order valence-corrected chi connectivity index (χ4v) is 2.29. The van der Waals surface area contributed by atoms with Crippen molar-refractivity contribution in [2.75, 3.05) is 0 Å². The van der Waals surface area contributed by atoms with Crippen molar-refractivity contribution >= 4 is 0 Å². The second-order valence-corrected chi connectivity index (χ2v) is 4.17. The lowest BCUT2D eigenvalue weighted by atomic mass is 9.92. The summed E-state index contributed by atoms with van der Waals surface area (Å²) < 4.78 is 0. The van der Waals surface area contributed by atoms with Crippen LogP contribution in [0.2, 0.25) is 0 Å². The molecule has 0 amide bonds. The molecular weight excluding hydrogens is 170 g/mol. The summed E-state index contributed by atoms with van der Waals surface area (Å²) in [4.78, 5) is 0. The Morgan fingerprint density at radius 2 is 2.00 bits per heavy atom. The van der Waals surface area contributed by atoms with Gasteiger partial charge >= 0.3 is 0 Å². The molecule has 1 aromatic rings. The Labute approximate surface area is 86.5 Å². The summed E-state index contributed by atoms with van der Waals surface area (Å²) in [6.07, 6.45) is 5.26. The fourth-order valence-electron chi connectivity index (χ4n) is 2.29. The van der Waals surface area contributed by atoms with Gasteiger partial charge in [0.05, 0.1) is 0 Å². The van der Waals surface area contributed by atoms with Crippen molar-refractivity contribution in [2.24, 2.45) is 0 Å². The van der Waals surface area contributed by atoms with Crippen LogP contribution in [0.3, 0.4) is 0 Å². The van der Waals surface area contributed by atoms with Crippen LogP contribution < -0.4 is 5.32 Å². The molecule has 2 rings (SSSR count). The third kappa shape index (κ3) is 2.16. The molecule has 1 N–H and O–H groups in total. The van der Waals surface area contributed by atoms with Gasteiger partial charge in [-0.1, -0.05) is 43.7 Å². The molecule has 0 saturated carbocycles. The van der Waals surface area contributed by atoms with E-state index in [0.29, 0.717) is 6.04 Å².